The lowest BCUT2D eigenvalue weighted by Crippen LogP contribution is -2.31. The van der Waals surface area contributed by atoms with Crippen LogP contribution < -0.4 is 25.3 Å². The molecular formula is C24H27N5O4. The van der Waals surface area contributed by atoms with Crippen molar-refractivity contribution in [2.45, 2.75) is 26.8 Å². The van der Waals surface area contributed by atoms with E-state index in [4.69, 9.17) is 25.0 Å². The van der Waals surface area contributed by atoms with E-state index < -0.39 is 11.9 Å². The fourth-order valence-corrected chi connectivity index (χ4v) is 3.90. The normalized spacial score (nSPS) is 15.0. The second kappa shape index (κ2) is 9.23. The maximum absolute atomic E-state index is 12.5. The Kier molecular flexibility index (Phi) is 6.21. The number of benzene rings is 2. The van der Waals surface area contributed by atoms with Crippen LogP contribution in [0, 0.1) is 0 Å². The zero-order valence-electron chi connectivity index (χ0n) is 19.1. The van der Waals surface area contributed by atoms with Gasteiger partial charge in [-0.05, 0) is 62.7 Å². The number of fused-ring (bicyclic) bond motifs is 1. The number of allylic oxidation sites excluding steroid dienone is 1. The van der Waals surface area contributed by atoms with E-state index in [1.807, 2.05) is 56.3 Å². The minimum Gasteiger partial charge on any atom is -0.494 e. The van der Waals surface area contributed by atoms with Crippen molar-refractivity contribution in [3.8, 4) is 28.6 Å². The summed E-state index contributed by atoms with van der Waals surface area (Å²) >= 11 is 0. The number of methoxy groups -OCH3 is 1. The molecule has 1 aromatic heterocycles. The van der Waals surface area contributed by atoms with Crippen LogP contribution in [0.4, 0.5) is 5.95 Å². The molecule has 172 valence electrons. The summed E-state index contributed by atoms with van der Waals surface area (Å²) in [7, 11) is 1.57. The Morgan fingerprint density at radius 3 is 2.45 bits per heavy atom. The minimum absolute atomic E-state index is 0.400. The maximum Gasteiger partial charge on any atom is 0.248 e. The van der Waals surface area contributed by atoms with Gasteiger partial charge in [0.25, 0.3) is 0 Å². The van der Waals surface area contributed by atoms with E-state index in [1.54, 1.807) is 18.7 Å². The number of carbonyl (C=O) groups excluding carboxylic acids is 1. The van der Waals surface area contributed by atoms with Gasteiger partial charge in [-0.1, -0.05) is 6.07 Å². The van der Waals surface area contributed by atoms with E-state index in [0.717, 1.165) is 16.9 Å². The SMILES string of the molecule is CCOc1ccc(-c2nc3n(n2)C(c2ccc(OCC)c(OC)c2)C(C(N)=O)=C(C)N3)cc1. The van der Waals surface area contributed by atoms with Gasteiger partial charge in [0.2, 0.25) is 11.9 Å². The van der Waals surface area contributed by atoms with Crippen LogP contribution in [-0.4, -0.2) is 41.0 Å². The maximum atomic E-state index is 12.5. The third-order valence-corrected chi connectivity index (χ3v) is 5.34. The summed E-state index contributed by atoms with van der Waals surface area (Å²) in [5, 5.41) is 7.88. The molecule has 1 aliphatic rings. The van der Waals surface area contributed by atoms with Gasteiger partial charge in [0, 0.05) is 11.3 Å². The number of aromatic nitrogens is 3. The lowest BCUT2D eigenvalue weighted by molar-refractivity contribution is -0.115. The summed E-state index contributed by atoms with van der Waals surface area (Å²) < 4.78 is 18.3. The number of nitrogens with two attached hydrogens (primary N) is 1. The quantitative estimate of drug-likeness (QED) is 0.541. The minimum atomic E-state index is -0.577. The Morgan fingerprint density at radius 2 is 1.82 bits per heavy atom. The van der Waals surface area contributed by atoms with Crippen LogP contribution in [0.1, 0.15) is 32.4 Å². The van der Waals surface area contributed by atoms with Crippen molar-refractivity contribution in [1.82, 2.24) is 14.8 Å². The first-order valence-electron chi connectivity index (χ1n) is 10.7. The van der Waals surface area contributed by atoms with E-state index in [1.165, 1.54) is 0 Å². The van der Waals surface area contributed by atoms with Crippen LogP contribution in [0.25, 0.3) is 11.4 Å². The molecule has 0 fully saturated rings. The van der Waals surface area contributed by atoms with Gasteiger partial charge in [-0.25, -0.2) is 4.68 Å². The highest BCUT2D eigenvalue weighted by Crippen LogP contribution is 2.39. The lowest BCUT2D eigenvalue weighted by Gasteiger charge is -2.28. The van der Waals surface area contributed by atoms with Crippen LogP contribution in [0.5, 0.6) is 17.2 Å². The van der Waals surface area contributed by atoms with Crippen LogP contribution >= 0.6 is 0 Å². The number of amides is 1. The molecule has 4 rings (SSSR count). The second-order valence-corrected chi connectivity index (χ2v) is 7.43. The lowest BCUT2D eigenvalue weighted by atomic mass is 9.95. The molecule has 1 amide bonds. The Bertz CT molecular complexity index is 1200. The van der Waals surface area contributed by atoms with E-state index in [0.29, 0.717) is 47.8 Å². The van der Waals surface area contributed by atoms with Crippen molar-refractivity contribution in [3.63, 3.8) is 0 Å². The number of anilines is 1. The number of hydrogen-bond acceptors (Lipinski definition) is 7. The van der Waals surface area contributed by atoms with Crippen molar-refractivity contribution in [2.24, 2.45) is 5.73 Å². The highest BCUT2D eigenvalue weighted by Gasteiger charge is 2.34. The van der Waals surface area contributed by atoms with Gasteiger partial charge in [-0.2, -0.15) is 4.98 Å². The highest BCUT2D eigenvalue weighted by atomic mass is 16.5. The number of carbonyl (C=O) groups is 1. The van der Waals surface area contributed by atoms with Gasteiger partial charge in [0.15, 0.2) is 17.3 Å². The molecule has 0 aliphatic carbocycles. The molecule has 0 spiro atoms. The molecule has 1 aliphatic heterocycles. The predicted octanol–water partition coefficient (Wildman–Crippen LogP) is 3.53. The molecule has 3 N–H and O–H groups in total. The van der Waals surface area contributed by atoms with Gasteiger partial charge in [0.1, 0.15) is 11.8 Å². The summed E-state index contributed by atoms with van der Waals surface area (Å²) in [6.07, 6.45) is 0. The molecule has 2 aromatic carbocycles. The summed E-state index contributed by atoms with van der Waals surface area (Å²) in [5.41, 5.74) is 8.40. The number of ether oxygens (including phenoxy) is 3. The standard InChI is InChI=1S/C24H27N5O4/c1-5-32-17-10-7-15(8-11-17)23-27-24-26-14(3)20(22(25)30)21(29(24)28-23)16-9-12-18(33-6-2)19(13-16)31-4/h7-13,21H,5-6H2,1-4H3,(H2,25,30)(H,26,27,28). The monoisotopic (exact) mass is 449 g/mol. The summed E-state index contributed by atoms with van der Waals surface area (Å²) in [5.74, 6) is 2.44. The Balaban J connectivity index is 1.80. The second-order valence-electron chi connectivity index (χ2n) is 7.43. The molecule has 2 heterocycles. The first kappa shape index (κ1) is 22.2. The summed E-state index contributed by atoms with van der Waals surface area (Å²) in [4.78, 5) is 17.1. The van der Waals surface area contributed by atoms with Crippen molar-refractivity contribution in [1.29, 1.82) is 0 Å². The third-order valence-electron chi connectivity index (χ3n) is 5.34. The molecule has 1 atom stereocenters. The van der Waals surface area contributed by atoms with Crippen molar-refractivity contribution in [3.05, 3.63) is 59.3 Å². The largest absolute Gasteiger partial charge is 0.494 e. The van der Waals surface area contributed by atoms with Gasteiger partial charge in [-0.3, -0.25) is 4.79 Å². The summed E-state index contributed by atoms with van der Waals surface area (Å²) in [6.45, 7) is 6.74. The van der Waals surface area contributed by atoms with Crippen LogP contribution in [0.15, 0.2) is 53.7 Å². The molecule has 0 saturated carbocycles. The topological polar surface area (TPSA) is 114 Å². The molecular weight excluding hydrogens is 422 g/mol. The molecule has 9 heteroatoms. The molecule has 9 nitrogen and oxygen atoms in total. The zero-order chi connectivity index (χ0) is 23.5. The van der Waals surface area contributed by atoms with Crippen LogP contribution in [-0.2, 0) is 4.79 Å². The van der Waals surface area contributed by atoms with Crippen LogP contribution in [0.3, 0.4) is 0 Å². The number of nitrogens with zero attached hydrogens (tertiary/aromatic N) is 3. The van der Waals surface area contributed by atoms with E-state index >= 15 is 0 Å². The summed E-state index contributed by atoms with van der Waals surface area (Å²) in [6, 6.07) is 12.5. The fourth-order valence-electron chi connectivity index (χ4n) is 3.90. The average Bonchev–Trinajstić information content (AvgIpc) is 3.22. The fraction of sp³-hybridized carbons (Fsp3) is 0.292. The Morgan fingerprint density at radius 1 is 1.09 bits per heavy atom. The van der Waals surface area contributed by atoms with Gasteiger partial charge < -0.3 is 25.3 Å². The smallest absolute Gasteiger partial charge is 0.248 e. The molecule has 33 heavy (non-hydrogen) atoms. The van der Waals surface area contributed by atoms with Crippen molar-refractivity contribution in [2.75, 3.05) is 25.6 Å². The first-order chi connectivity index (χ1) is 16.0. The van der Waals surface area contributed by atoms with Crippen molar-refractivity contribution >= 4 is 11.9 Å². The molecule has 0 bridgehead atoms. The number of hydrogen-bond donors (Lipinski definition) is 2. The Labute approximate surface area is 192 Å². The van der Waals surface area contributed by atoms with Crippen LogP contribution in [0.2, 0.25) is 0 Å². The number of rotatable bonds is 8. The molecule has 1 unspecified atom stereocenters. The van der Waals surface area contributed by atoms with E-state index in [9.17, 15) is 4.79 Å². The molecule has 3 aromatic rings. The number of primary amides is 1. The van der Waals surface area contributed by atoms with Crippen molar-refractivity contribution < 1.29 is 19.0 Å². The van der Waals surface area contributed by atoms with Gasteiger partial charge in [0.05, 0.1) is 25.9 Å². The Hall–Kier alpha value is -4.01. The third kappa shape index (κ3) is 4.21. The zero-order valence-corrected chi connectivity index (χ0v) is 19.1. The van der Waals surface area contributed by atoms with E-state index in [-0.39, 0.29) is 0 Å². The number of nitrogens with one attached hydrogen (secondary N) is 1. The van der Waals surface area contributed by atoms with Gasteiger partial charge >= 0.3 is 0 Å². The van der Waals surface area contributed by atoms with Gasteiger partial charge in [-0.15, -0.1) is 5.10 Å². The molecule has 0 saturated heterocycles. The predicted molar refractivity (Wildman–Crippen MR) is 124 cm³/mol. The molecule has 0 radical (unpaired) electrons. The average molecular weight is 450 g/mol. The van der Waals surface area contributed by atoms with E-state index in [2.05, 4.69) is 10.3 Å². The first-order valence-corrected chi connectivity index (χ1v) is 10.7. The highest BCUT2D eigenvalue weighted by molar-refractivity contribution is 5.95.